The third-order valence-corrected chi connectivity index (χ3v) is 6.21. The molecule has 30 heavy (non-hydrogen) atoms. The number of hydrogen-bond acceptors (Lipinski definition) is 6. The quantitative estimate of drug-likeness (QED) is 0.797. The Hall–Kier alpha value is -3.00. The van der Waals surface area contributed by atoms with E-state index in [0.29, 0.717) is 5.56 Å². The third-order valence-electron chi connectivity index (χ3n) is 6.21. The molecule has 2 fully saturated rings. The van der Waals surface area contributed by atoms with Crippen molar-refractivity contribution in [3.05, 3.63) is 41.7 Å². The van der Waals surface area contributed by atoms with Crippen molar-refractivity contribution in [3.8, 4) is 11.1 Å². The zero-order valence-corrected chi connectivity index (χ0v) is 17.3. The Bertz CT molecular complexity index is 954. The summed E-state index contributed by atoms with van der Waals surface area (Å²) in [4.78, 5) is 37.9. The summed E-state index contributed by atoms with van der Waals surface area (Å²) in [6.45, 7) is 2.61. The molecule has 8 heteroatoms. The van der Waals surface area contributed by atoms with Crippen molar-refractivity contribution in [2.45, 2.75) is 31.7 Å². The van der Waals surface area contributed by atoms with Gasteiger partial charge in [-0.15, -0.1) is 0 Å². The minimum absolute atomic E-state index is 0.0580. The molecule has 3 heterocycles. The number of anilines is 1. The van der Waals surface area contributed by atoms with Crippen molar-refractivity contribution in [3.63, 3.8) is 0 Å². The van der Waals surface area contributed by atoms with Gasteiger partial charge >= 0.3 is 0 Å². The zero-order valence-electron chi connectivity index (χ0n) is 17.3. The molecule has 0 aliphatic carbocycles. The first kappa shape index (κ1) is 20.3. The number of aromatic nitrogens is 2. The molecular weight excluding hydrogens is 380 g/mol. The van der Waals surface area contributed by atoms with E-state index in [1.165, 1.54) is 0 Å². The number of nitrogens with two attached hydrogens (primary N) is 2. The number of primary amides is 1. The maximum absolute atomic E-state index is 13.3. The summed E-state index contributed by atoms with van der Waals surface area (Å²) in [6.07, 6.45) is 5.20. The van der Waals surface area contributed by atoms with E-state index in [2.05, 4.69) is 21.9 Å². The lowest BCUT2D eigenvalue weighted by atomic mass is 9.94. The maximum Gasteiger partial charge on any atom is 0.248 e. The highest BCUT2D eigenvalue weighted by Crippen LogP contribution is 2.38. The van der Waals surface area contributed by atoms with E-state index in [4.69, 9.17) is 11.5 Å². The highest BCUT2D eigenvalue weighted by atomic mass is 16.2. The molecule has 0 radical (unpaired) electrons. The van der Waals surface area contributed by atoms with Crippen molar-refractivity contribution in [1.29, 1.82) is 0 Å². The van der Waals surface area contributed by atoms with Gasteiger partial charge in [0.25, 0.3) is 0 Å². The first-order valence-electron chi connectivity index (χ1n) is 10.5. The Morgan fingerprint density at radius 1 is 1.13 bits per heavy atom. The standard InChI is InChI=1S/C22H28N6O2/c1-27-10-7-14(8-11-27)21(30)28-9-3-6-18(28)19-17(13-25-22(24)26-19)15-4-2-5-16(12-15)20(23)29/h2,4-5,12-14,18H,3,6-11H2,1H3,(H2,23,29)(H2,24,25,26)/t18-/m1/s1. The van der Waals surface area contributed by atoms with Crippen LogP contribution in [0.3, 0.4) is 0 Å². The lowest BCUT2D eigenvalue weighted by Crippen LogP contribution is -2.41. The minimum atomic E-state index is -0.491. The summed E-state index contributed by atoms with van der Waals surface area (Å²) < 4.78 is 0. The lowest BCUT2D eigenvalue weighted by molar-refractivity contribution is -0.138. The number of carbonyl (C=O) groups is 2. The van der Waals surface area contributed by atoms with Crippen molar-refractivity contribution in [1.82, 2.24) is 19.8 Å². The Balaban J connectivity index is 1.67. The van der Waals surface area contributed by atoms with Crippen LogP contribution in [-0.2, 0) is 4.79 Å². The number of amides is 2. The Labute approximate surface area is 176 Å². The number of carbonyl (C=O) groups excluding carboxylic acids is 2. The molecule has 0 unspecified atom stereocenters. The maximum atomic E-state index is 13.3. The molecule has 2 aliphatic rings. The highest BCUT2D eigenvalue weighted by molar-refractivity contribution is 5.94. The molecule has 2 amide bonds. The molecule has 1 aromatic carbocycles. The normalized spacial score (nSPS) is 20.4. The summed E-state index contributed by atoms with van der Waals surface area (Å²) >= 11 is 0. The number of nitrogen functional groups attached to an aromatic ring is 1. The minimum Gasteiger partial charge on any atom is -0.368 e. The molecule has 2 aliphatic heterocycles. The second kappa shape index (κ2) is 8.39. The first-order valence-corrected chi connectivity index (χ1v) is 10.5. The van der Waals surface area contributed by atoms with Crippen molar-refractivity contribution in [2.24, 2.45) is 11.7 Å². The fourth-order valence-corrected chi connectivity index (χ4v) is 4.53. The van der Waals surface area contributed by atoms with Gasteiger partial charge < -0.3 is 21.3 Å². The van der Waals surface area contributed by atoms with Crippen LogP contribution in [0.1, 0.15) is 47.8 Å². The van der Waals surface area contributed by atoms with Crippen molar-refractivity contribution in [2.75, 3.05) is 32.4 Å². The van der Waals surface area contributed by atoms with Crippen LogP contribution in [0.2, 0.25) is 0 Å². The van der Waals surface area contributed by atoms with Crippen LogP contribution in [0.25, 0.3) is 11.1 Å². The monoisotopic (exact) mass is 408 g/mol. The molecule has 0 spiro atoms. The summed E-state index contributed by atoms with van der Waals surface area (Å²) in [5.41, 5.74) is 14.1. The summed E-state index contributed by atoms with van der Waals surface area (Å²) in [6, 6.07) is 6.94. The van der Waals surface area contributed by atoms with E-state index < -0.39 is 5.91 Å². The second-order valence-corrected chi connectivity index (χ2v) is 8.24. The molecule has 4 rings (SSSR count). The molecule has 2 saturated heterocycles. The number of rotatable bonds is 4. The van der Waals surface area contributed by atoms with E-state index in [9.17, 15) is 9.59 Å². The molecule has 2 aromatic rings. The molecule has 1 atom stereocenters. The van der Waals surface area contributed by atoms with Gasteiger partial charge in [0, 0.05) is 29.8 Å². The van der Waals surface area contributed by atoms with Crippen LogP contribution >= 0.6 is 0 Å². The fraction of sp³-hybridized carbons (Fsp3) is 0.455. The van der Waals surface area contributed by atoms with Gasteiger partial charge in [-0.05, 0) is 63.5 Å². The molecule has 1 aromatic heterocycles. The van der Waals surface area contributed by atoms with Gasteiger partial charge in [0.05, 0.1) is 11.7 Å². The van der Waals surface area contributed by atoms with Crippen LogP contribution in [-0.4, -0.2) is 58.3 Å². The molecular formula is C22H28N6O2. The van der Waals surface area contributed by atoms with Crippen LogP contribution in [0.5, 0.6) is 0 Å². The Kier molecular flexibility index (Phi) is 5.67. The number of benzene rings is 1. The van der Waals surface area contributed by atoms with Crippen molar-refractivity contribution < 1.29 is 9.59 Å². The van der Waals surface area contributed by atoms with Crippen LogP contribution < -0.4 is 11.5 Å². The first-order chi connectivity index (χ1) is 14.4. The average Bonchev–Trinajstić information content (AvgIpc) is 3.23. The Morgan fingerprint density at radius 2 is 1.90 bits per heavy atom. The topological polar surface area (TPSA) is 118 Å². The van der Waals surface area contributed by atoms with Gasteiger partial charge in [0.2, 0.25) is 17.8 Å². The van der Waals surface area contributed by atoms with Gasteiger partial charge in [-0.3, -0.25) is 9.59 Å². The van der Waals surface area contributed by atoms with Gasteiger partial charge in [0.15, 0.2) is 0 Å². The van der Waals surface area contributed by atoms with Gasteiger partial charge in [-0.25, -0.2) is 9.97 Å². The van der Waals surface area contributed by atoms with E-state index in [0.717, 1.165) is 62.1 Å². The van der Waals surface area contributed by atoms with Gasteiger partial charge in [-0.1, -0.05) is 12.1 Å². The van der Waals surface area contributed by atoms with E-state index in [1.807, 2.05) is 11.0 Å². The zero-order chi connectivity index (χ0) is 21.3. The predicted octanol–water partition coefficient (Wildman–Crippen LogP) is 1.83. The van der Waals surface area contributed by atoms with E-state index in [-0.39, 0.29) is 23.8 Å². The third kappa shape index (κ3) is 4.00. The van der Waals surface area contributed by atoms with Gasteiger partial charge in [0.1, 0.15) is 0 Å². The molecule has 0 bridgehead atoms. The molecule has 0 saturated carbocycles. The second-order valence-electron chi connectivity index (χ2n) is 8.24. The van der Waals surface area contributed by atoms with Crippen LogP contribution in [0, 0.1) is 5.92 Å². The molecule has 158 valence electrons. The molecule has 4 N–H and O–H groups in total. The summed E-state index contributed by atoms with van der Waals surface area (Å²) in [5.74, 6) is -0.0460. The van der Waals surface area contributed by atoms with E-state index in [1.54, 1.807) is 24.4 Å². The van der Waals surface area contributed by atoms with E-state index >= 15 is 0 Å². The smallest absolute Gasteiger partial charge is 0.248 e. The predicted molar refractivity (Wildman–Crippen MR) is 114 cm³/mol. The fourth-order valence-electron chi connectivity index (χ4n) is 4.53. The summed E-state index contributed by atoms with van der Waals surface area (Å²) in [7, 11) is 2.09. The largest absolute Gasteiger partial charge is 0.368 e. The number of piperidine rings is 1. The number of hydrogen-bond donors (Lipinski definition) is 2. The highest BCUT2D eigenvalue weighted by Gasteiger charge is 2.37. The Morgan fingerprint density at radius 3 is 2.63 bits per heavy atom. The van der Waals surface area contributed by atoms with Crippen molar-refractivity contribution >= 4 is 17.8 Å². The molecule has 8 nitrogen and oxygen atoms in total. The number of nitrogens with zero attached hydrogens (tertiary/aromatic N) is 4. The van der Waals surface area contributed by atoms with Gasteiger partial charge in [-0.2, -0.15) is 0 Å². The SMILES string of the molecule is CN1CCC(C(=O)N2CCC[C@@H]2c2nc(N)ncc2-c2cccc(C(N)=O)c2)CC1. The lowest BCUT2D eigenvalue weighted by Gasteiger charge is -2.33. The average molecular weight is 409 g/mol. The van der Waals surface area contributed by atoms with Crippen LogP contribution in [0.15, 0.2) is 30.5 Å². The number of likely N-dealkylation sites (tertiary alicyclic amines) is 2. The summed E-state index contributed by atoms with van der Waals surface area (Å²) in [5, 5.41) is 0. The van der Waals surface area contributed by atoms with Crippen LogP contribution in [0.4, 0.5) is 5.95 Å².